The Morgan fingerprint density at radius 2 is 2.18 bits per heavy atom. The van der Waals surface area contributed by atoms with Gasteiger partial charge in [0.05, 0.1) is 0 Å². The molecule has 0 aliphatic rings. The molecule has 0 aliphatic heterocycles. The summed E-state index contributed by atoms with van der Waals surface area (Å²) >= 11 is 5.93. The third kappa shape index (κ3) is 3.51. The van der Waals surface area contributed by atoms with Gasteiger partial charge in [-0.1, -0.05) is 24.6 Å². The Kier molecular flexibility index (Phi) is 5.59. The largest absolute Gasteiger partial charge is 0.366 e. The topological polar surface area (TPSA) is 26.3 Å². The number of halogens is 2. The van der Waals surface area contributed by atoms with Gasteiger partial charge >= 0.3 is 0 Å². The second kappa shape index (κ2) is 6.72. The summed E-state index contributed by atoms with van der Waals surface area (Å²) in [5.41, 5.74) is 0.148. The zero-order valence-electron chi connectivity index (χ0n) is 10.0. The van der Waals surface area contributed by atoms with Crippen LogP contribution >= 0.6 is 11.6 Å². The lowest BCUT2D eigenvalue weighted by Gasteiger charge is -2.17. The lowest BCUT2D eigenvalue weighted by Crippen LogP contribution is -2.17. The van der Waals surface area contributed by atoms with E-state index in [-0.39, 0.29) is 16.4 Å². The van der Waals surface area contributed by atoms with E-state index in [1.165, 1.54) is 12.1 Å². The highest BCUT2D eigenvalue weighted by Gasteiger charge is 2.25. The van der Waals surface area contributed by atoms with Crippen LogP contribution < -0.4 is 0 Å². The van der Waals surface area contributed by atoms with Gasteiger partial charge in [0.25, 0.3) is 0 Å². The summed E-state index contributed by atoms with van der Waals surface area (Å²) in [5, 5.41) is 0.230. The molecule has 1 aromatic rings. The van der Waals surface area contributed by atoms with E-state index >= 15 is 0 Å². The molecule has 0 saturated heterocycles. The first-order valence-corrected chi connectivity index (χ1v) is 6.07. The molecular formula is C13H16ClFO2. The Labute approximate surface area is 106 Å². The molecule has 94 valence electrons. The number of carbonyl (C=O) groups is 1. The Hall–Kier alpha value is -0.930. The molecule has 0 spiro atoms. The number of ether oxygens (including phenoxy) is 1. The van der Waals surface area contributed by atoms with Crippen LogP contribution in [0.15, 0.2) is 18.2 Å². The van der Waals surface area contributed by atoms with Crippen LogP contribution in [0.5, 0.6) is 0 Å². The second-order valence-corrected chi connectivity index (χ2v) is 4.09. The number of benzene rings is 1. The van der Waals surface area contributed by atoms with Crippen LogP contribution in [0.2, 0.25) is 5.02 Å². The normalized spacial score (nSPS) is 12.5. The van der Waals surface area contributed by atoms with Gasteiger partial charge in [-0.25, -0.2) is 4.39 Å². The van der Waals surface area contributed by atoms with E-state index in [0.717, 1.165) is 0 Å². The van der Waals surface area contributed by atoms with Crippen molar-refractivity contribution < 1.29 is 13.9 Å². The molecule has 1 unspecified atom stereocenters. The maximum Gasteiger partial charge on any atom is 0.166 e. The van der Waals surface area contributed by atoms with Crippen LogP contribution in [0.3, 0.4) is 0 Å². The summed E-state index contributed by atoms with van der Waals surface area (Å²) < 4.78 is 19.0. The third-order valence-electron chi connectivity index (χ3n) is 2.38. The summed E-state index contributed by atoms with van der Waals surface area (Å²) in [7, 11) is 0. The van der Waals surface area contributed by atoms with Crippen LogP contribution in [0.4, 0.5) is 4.39 Å². The van der Waals surface area contributed by atoms with Gasteiger partial charge in [-0.2, -0.15) is 0 Å². The van der Waals surface area contributed by atoms with Gasteiger partial charge in [0, 0.05) is 23.6 Å². The molecule has 0 aromatic heterocycles. The molecule has 4 heteroatoms. The Bertz CT molecular complexity index is 373. The fourth-order valence-corrected chi connectivity index (χ4v) is 1.90. The van der Waals surface area contributed by atoms with Crippen LogP contribution in [-0.2, 0) is 9.53 Å². The molecule has 1 rings (SSSR count). The summed E-state index contributed by atoms with van der Waals surface area (Å²) in [4.78, 5) is 11.9. The zero-order valence-corrected chi connectivity index (χ0v) is 10.8. The van der Waals surface area contributed by atoms with Crippen LogP contribution in [0, 0.1) is 5.82 Å². The maximum absolute atomic E-state index is 13.7. The van der Waals surface area contributed by atoms with Crippen molar-refractivity contribution in [2.75, 3.05) is 6.61 Å². The molecule has 0 bridgehead atoms. The van der Waals surface area contributed by atoms with Gasteiger partial charge in [-0.3, -0.25) is 4.79 Å². The number of hydrogen-bond donors (Lipinski definition) is 0. The minimum Gasteiger partial charge on any atom is -0.366 e. The molecule has 17 heavy (non-hydrogen) atoms. The molecule has 0 amide bonds. The average Bonchev–Trinajstić information content (AvgIpc) is 2.28. The van der Waals surface area contributed by atoms with Crippen molar-refractivity contribution in [3.05, 3.63) is 34.6 Å². The number of ketones is 1. The zero-order chi connectivity index (χ0) is 12.8. The minimum absolute atomic E-state index is 0.138. The van der Waals surface area contributed by atoms with Crippen molar-refractivity contribution in [1.82, 2.24) is 0 Å². The van der Waals surface area contributed by atoms with E-state index in [0.29, 0.717) is 19.4 Å². The Morgan fingerprint density at radius 3 is 2.71 bits per heavy atom. The van der Waals surface area contributed by atoms with Crippen molar-refractivity contribution in [3.63, 3.8) is 0 Å². The second-order valence-electron chi connectivity index (χ2n) is 3.69. The maximum atomic E-state index is 13.7. The standard InChI is InChI=1S/C13H16ClFO2/c1-3-6-11(16)13(17-4-2)12-9(14)7-5-8-10(12)15/h5,7-8,13H,3-4,6H2,1-2H3. The SMILES string of the molecule is CCCC(=O)C(OCC)c1c(F)cccc1Cl. The number of rotatable bonds is 6. The van der Waals surface area contributed by atoms with Crippen molar-refractivity contribution in [3.8, 4) is 0 Å². The lowest BCUT2D eigenvalue weighted by molar-refractivity contribution is -0.130. The first-order chi connectivity index (χ1) is 8.11. The summed E-state index contributed by atoms with van der Waals surface area (Å²) in [6, 6.07) is 4.35. The van der Waals surface area contributed by atoms with Gasteiger partial charge in [-0.15, -0.1) is 0 Å². The van der Waals surface area contributed by atoms with Crippen LogP contribution in [0.25, 0.3) is 0 Å². The Morgan fingerprint density at radius 1 is 1.47 bits per heavy atom. The smallest absolute Gasteiger partial charge is 0.166 e. The van der Waals surface area contributed by atoms with Gasteiger partial charge in [0.1, 0.15) is 11.9 Å². The fraction of sp³-hybridized carbons (Fsp3) is 0.462. The molecule has 1 atom stereocenters. The first kappa shape index (κ1) is 14.1. The first-order valence-electron chi connectivity index (χ1n) is 5.70. The predicted molar refractivity (Wildman–Crippen MR) is 65.7 cm³/mol. The van der Waals surface area contributed by atoms with E-state index in [4.69, 9.17) is 16.3 Å². The van der Waals surface area contributed by atoms with Crippen LogP contribution in [0.1, 0.15) is 38.4 Å². The Balaban J connectivity index is 3.09. The van der Waals surface area contributed by atoms with Gasteiger partial charge in [-0.05, 0) is 25.5 Å². The number of carbonyl (C=O) groups excluding carboxylic acids is 1. The van der Waals surface area contributed by atoms with Crippen LogP contribution in [-0.4, -0.2) is 12.4 Å². The van der Waals surface area contributed by atoms with Crippen molar-refractivity contribution in [1.29, 1.82) is 0 Å². The monoisotopic (exact) mass is 258 g/mol. The molecule has 0 aliphatic carbocycles. The summed E-state index contributed by atoms with van der Waals surface area (Å²) in [6.07, 6.45) is 0.165. The van der Waals surface area contributed by atoms with Crippen molar-refractivity contribution >= 4 is 17.4 Å². The molecule has 0 fully saturated rings. The molecule has 0 heterocycles. The lowest BCUT2D eigenvalue weighted by atomic mass is 10.0. The van der Waals surface area contributed by atoms with E-state index < -0.39 is 11.9 Å². The van der Waals surface area contributed by atoms with Crippen molar-refractivity contribution in [2.45, 2.75) is 32.8 Å². The molecule has 0 saturated carbocycles. The predicted octanol–water partition coefficient (Wildman–Crippen LogP) is 3.93. The van der Waals surface area contributed by atoms with Gasteiger partial charge < -0.3 is 4.74 Å². The number of hydrogen-bond acceptors (Lipinski definition) is 2. The third-order valence-corrected chi connectivity index (χ3v) is 2.71. The number of Topliss-reactive ketones (excluding diaryl/α,β-unsaturated/α-hetero) is 1. The molecule has 0 N–H and O–H groups in total. The highest BCUT2D eigenvalue weighted by Crippen LogP contribution is 2.30. The van der Waals surface area contributed by atoms with Gasteiger partial charge in [0.15, 0.2) is 5.78 Å². The fourth-order valence-electron chi connectivity index (χ4n) is 1.64. The van der Waals surface area contributed by atoms with Crippen molar-refractivity contribution in [2.24, 2.45) is 0 Å². The van der Waals surface area contributed by atoms with E-state index in [1.54, 1.807) is 13.0 Å². The van der Waals surface area contributed by atoms with E-state index in [2.05, 4.69) is 0 Å². The average molecular weight is 259 g/mol. The molecule has 0 radical (unpaired) electrons. The van der Waals surface area contributed by atoms with Gasteiger partial charge in [0.2, 0.25) is 0 Å². The highest BCUT2D eigenvalue weighted by molar-refractivity contribution is 6.31. The summed E-state index contributed by atoms with van der Waals surface area (Å²) in [5.74, 6) is -0.637. The summed E-state index contributed by atoms with van der Waals surface area (Å²) in [6.45, 7) is 4.00. The molecular weight excluding hydrogens is 243 g/mol. The molecule has 2 nitrogen and oxygen atoms in total. The minimum atomic E-state index is -0.895. The molecule has 1 aromatic carbocycles. The quantitative estimate of drug-likeness (QED) is 0.773. The van der Waals surface area contributed by atoms with E-state index in [1.807, 2.05) is 6.92 Å². The van der Waals surface area contributed by atoms with E-state index in [9.17, 15) is 9.18 Å². The highest BCUT2D eigenvalue weighted by atomic mass is 35.5.